The topological polar surface area (TPSA) is 103 Å². The Labute approximate surface area is 249 Å². The maximum Gasteiger partial charge on any atom is 0.318 e. The van der Waals surface area contributed by atoms with E-state index >= 15 is 0 Å². The Kier molecular flexibility index (Phi) is 10.3. The highest BCUT2D eigenvalue weighted by molar-refractivity contribution is 5.86. The average Bonchev–Trinajstić information content (AvgIpc) is 3.50. The molecule has 2 atom stereocenters. The molecular weight excluding hydrogens is 528 g/mol. The van der Waals surface area contributed by atoms with Gasteiger partial charge in [0.2, 0.25) is 0 Å². The monoisotopic (exact) mass is 572 g/mol. The molecule has 0 aliphatic carbocycles. The van der Waals surface area contributed by atoms with Crippen molar-refractivity contribution in [3.63, 3.8) is 0 Å². The molecule has 0 radical (unpaired) electrons. The summed E-state index contributed by atoms with van der Waals surface area (Å²) in [6, 6.07) is 22.7. The molecule has 2 aliphatic rings. The number of fused-ring (bicyclic) bond motifs is 1. The van der Waals surface area contributed by atoms with Gasteiger partial charge < -0.3 is 30.9 Å². The van der Waals surface area contributed by atoms with Gasteiger partial charge in [-0.05, 0) is 47.2 Å². The van der Waals surface area contributed by atoms with E-state index in [4.69, 9.17) is 10.5 Å². The maximum atomic E-state index is 13.7. The molecule has 9 heteroatoms. The van der Waals surface area contributed by atoms with E-state index in [9.17, 15) is 9.59 Å². The van der Waals surface area contributed by atoms with E-state index in [2.05, 4.69) is 77.1 Å². The van der Waals surface area contributed by atoms with Gasteiger partial charge in [0.05, 0.1) is 19.3 Å². The zero-order chi connectivity index (χ0) is 29.3. The number of likely N-dealkylation sites (tertiary alicyclic amines) is 1. The molecule has 0 aromatic heterocycles. The molecule has 4 N–H and O–H groups in total. The van der Waals surface area contributed by atoms with Crippen LogP contribution in [0.15, 0.2) is 66.7 Å². The van der Waals surface area contributed by atoms with Crippen molar-refractivity contribution in [2.75, 3.05) is 52.5 Å². The highest BCUT2D eigenvalue weighted by Crippen LogP contribution is 2.24. The first-order valence-electron chi connectivity index (χ1n) is 15.1. The van der Waals surface area contributed by atoms with Gasteiger partial charge >= 0.3 is 12.1 Å². The number of carbonyl (C=O) groups excluding carboxylic acids is 2. The van der Waals surface area contributed by atoms with Gasteiger partial charge in [0.1, 0.15) is 0 Å². The van der Waals surface area contributed by atoms with Gasteiger partial charge in [-0.15, -0.1) is 0 Å². The molecule has 3 aromatic carbocycles. The third kappa shape index (κ3) is 8.00. The Morgan fingerprint density at radius 1 is 1.00 bits per heavy atom. The Morgan fingerprint density at radius 2 is 1.74 bits per heavy atom. The van der Waals surface area contributed by atoms with Gasteiger partial charge in [-0.25, -0.2) is 9.59 Å². The minimum Gasteiger partial charge on any atom is -0.379 e. The summed E-state index contributed by atoms with van der Waals surface area (Å²) < 4.78 is 5.49. The van der Waals surface area contributed by atoms with Crippen molar-refractivity contribution in [2.24, 2.45) is 5.73 Å². The zero-order valence-electron chi connectivity index (χ0n) is 24.6. The lowest BCUT2D eigenvalue weighted by atomic mass is 10.00. The number of ether oxygens (including phenoxy) is 1. The molecule has 2 fully saturated rings. The molecule has 0 spiro atoms. The summed E-state index contributed by atoms with van der Waals surface area (Å²) in [5.41, 5.74) is 8.80. The van der Waals surface area contributed by atoms with Crippen LogP contribution >= 0.6 is 0 Å². The number of primary amides is 1. The summed E-state index contributed by atoms with van der Waals surface area (Å²) in [5, 5.41) is 9.15. The van der Waals surface area contributed by atoms with Crippen LogP contribution in [0.5, 0.6) is 0 Å². The Morgan fingerprint density at radius 3 is 2.50 bits per heavy atom. The van der Waals surface area contributed by atoms with Crippen LogP contribution in [0, 0.1) is 0 Å². The molecule has 4 amide bonds. The number of nitrogens with zero attached hydrogens (tertiary/aromatic N) is 3. The summed E-state index contributed by atoms with van der Waals surface area (Å²) in [6.45, 7) is 9.75. The summed E-state index contributed by atoms with van der Waals surface area (Å²) in [4.78, 5) is 31.1. The number of urea groups is 2. The Hall–Kier alpha value is -3.66. The van der Waals surface area contributed by atoms with E-state index in [-0.39, 0.29) is 24.1 Å². The Balaban J connectivity index is 1.20. The zero-order valence-corrected chi connectivity index (χ0v) is 24.6. The number of rotatable bonds is 11. The number of nitrogens with two attached hydrogens (primary N) is 1. The number of carbonyl (C=O) groups is 2. The van der Waals surface area contributed by atoms with Gasteiger partial charge in [0, 0.05) is 58.4 Å². The molecule has 3 aromatic rings. The predicted molar refractivity (Wildman–Crippen MR) is 166 cm³/mol. The van der Waals surface area contributed by atoms with Crippen LogP contribution in [0.1, 0.15) is 42.5 Å². The van der Waals surface area contributed by atoms with Crippen LogP contribution in [0.4, 0.5) is 9.59 Å². The summed E-state index contributed by atoms with van der Waals surface area (Å²) in [6.07, 6.45) is 1.81. The fourth-order valence-electron chi connectivity index (χ4n) is 5.92. The predicted octanol–water partition coefficient (Wildman–Crippen LogP) is 4.08. The minimum atomic E-state index is -0.353. The summed E-state index contributed by atoms with van der Waals surface area (Å²) in [5.74, 6) is 0. The van der Waals surface area contributed by atoms with Gasteiger partial charge in [-0.2, -0.15) is 0 Å². The van der Waals surface area contributed by atoms with Crippen molar-refractivity contribution in [3.8, 4) is 0 Å². The van der Waals surface area contributed by atoms with Crippen molar-refractivity contribution in [2.45, 2.75) is 44.9 Å². The summed E-state index contributed by atoms with van der Waals surface area (Å²) >= 11 is 0. The maximum absolute atomic E-state index is 13.7. The van der Waals surface area contributed by atoms with E-state index in [0.29, 0.717) is 26.2 Å². The van der Waals surface area contributed by atoms with Crippen LogP contribution < -0.4 is 16.4 Å². The van der Waals surface area contributed by atoms with Crippen molar-refractivity contribution < 1.29 is 14.3 Å². The SMILES string of the molecule is CC(NC(=O)N(CCCN1CCOCC1)Cc1ccc(CNC2CCN(C(N)=O)C2)cc1)c1cccc2ccccc12. The second-order valence-electron chi connectivity index (χ2n) is 11.4. The van der Waals surface area contributed by atoms with Gasteiger partial charge in [-0.1, -0.05) is 66.7 Å². The lowest BCUT2D eigenvalue weighted by Crippen LogP contribution is -2.43. The first kappa shape index (κ1) is 29.8. The number of morpholine rings is 1. The average molecular weight is 573 g/mol. The highest BCUT2D eigenvalue weighted by atomic mass is 16.5. The van der Waals surface area contributed by atoms with E-state index in [1.165, 1.54) is 10.9 Å². The molecule has 0 bridgehead atoms. The quantitative estimate of drug-likeness (QED) is 0.321. The molecule has 2 heterocycles. The van der Waals surface area contributed by atoms with Gasteiger partial charge in [0.25, 0.3) is 0 Å². The molecular formula is C33H44N6O3. The van der Waals surface area contributed by atoms with Crippen LogP contribution in [0.25, 0.3) is 10.8 Å². The van der Waals surface area contributed by atoms with Crippen LogP contribution in [-0.2, 0) is 17.8 Å². The van der Waals surface area contributed by atoms with Crippen molar-refractivity contribution >= 4 is 22.8 Å². The molecule has 2 aliphatic heterocycles. The molecule has 224 valence electrons. The second-order valence-corrected chi connectivity index (χ2v) is 11.4. The normalized spacial score (nSPS) is 18.2. The molecule has 2 saturated heterocycles. The van der Waals surface area contributed by atoms with E-state index in [1.807, 2.05) is 17.0 Å². The molecule has 0 saturated carbocycles. The lowest BCUT2D eigenvalue weighted by molar-refractivity contribution is 0.0364. The lowest BCUT2D eigenvalue weighted by Gasteiger charge is -2.29. The first-order valence-corrected chi connectivity index (χ1v) is 15.1. The van der Waals surface area contributed by atoms with E-state index in [0.717, 1.165) is 68.7 Å². The number of hydrogen-bond donors (Lipinski definition) is 3. The second kappa shape index (κ2) is 14.5. The Bertz CT molecular complexity index is 1320. The van der Waals surface area contributed by atoms with Crippen LogP contribution in [-0.4, -0.2) is 85.3 Å². The molecule has 2 unspecified atom stereocenters. The number of hydrogen-bond acceptors (Lipinski definition) is 5. The highest BCUT2D eigenvalue weighted by Gasteiger charge is 2.24. The fourth-order valence-corrected chi connectivity index (χ4v) is 5.92. The first-order chi connectivity index (χ1) is 20.5. The summed E-state index contributed by atoms with van der Waals surface area (Å²) in [7, 11) is 0. The van der Waals surface area contributed by atoms with Crippen molar-refractivity contribution in [1.82, 2.24) is 25.3 Å². The van der Waals surface area contributed by atoms with E-state index < -0.39 is 0 Å². The van der Waals surface area contributed by atoms with Crippen LogP contribution in [0.2, 0.25) is 0 Å². The number of benzene rings is 3. The third-order valence-electron chi connectivity index (χ3n) is 8.41. The van der Waals surface area contributed by atoms with Crippen molar-refractivity contribution in [1.29, 1.82) is 0 Å². The van der Waals surface area contributed by atoms with Crippen LogP contribution in [0.3, 0.4) is 0 Å². The number of amides is 4. The molecule has 42 heavy (non-hydrogen) atoms. The van der Waals surface area contributed by atoms with E-state index in [1.54, 1.807) is 4.90 Å². The standard InChI is InChI=1S/C33H44N6O3/c1-25(30-9-4-7-28-6-2-3-8-31(28)30)36-33(41)39(16-5-15-37-18-20-42-21-19-37)23-27-12-10-26(11-13-27)22-35-29-14-17-38(24-29)32(34)40/h2-4,6-13,25,29,35H,5,14-24H2,1H3,(H2,34,40)(H,36,41). The number of nitrogens with one attached hydrogen (secondary N) is 2. The van der Waals surface area contributed by atoms with Crippen molar-refractivity contribution in [3.05, 3.63) is 83.4 Å². The molecule has 5 rings (SSSR count). The smallest absolute Gasteiger partial charge is 0.318 e. The van der Waals surface area contributed by atoms with Gasteiger partial charge in [0.15, 0.2) is 0 Å². The largest absolute Gasteiger partial charge is 0.379 e. The van der Waals surface area contributed by atoms with Gasteiger partial charge in [-0.3, -0.25) is 4.90 Å². The molecule has 9 nitrogen and oxygen atoms in total. The minimum absolute atomic E-state index is 0.0524. The fraction of sp³-hybridized carbons (Fsp3) is 0.455. The third-order valence-corrected chi connectivity index (χ3v) is 8.41.